The van der Waals surface area contributed by atoms with Crippen molar-refractivity contribution in [1.82, 2.24) is 15.1 Å². The third-order valence-electron chi connectivity index (χ3n) is 4.74. The summed E-state index contributed by atoms with van der Waals surface area (Å²) < 4.78 is 0. The first-order valence-electron chi connectivity index (χ1n) is 8.83. The van der Waals surface area contributed by atoms with Gasteiger partial charge in [-0.25, -0.2) is 0 Å². The molecule has 0 unspecified atom stereocenters. The van der Waals surface area contributed by atoms with E-state index in [0.717, 1.165) is 23.9 Å². The molecule has 5 heteroatoms. The molecule has 1 aliphatic rings. The Morgan fingerprint density at radius 3 is 2.83 bits per heavy atom. The minimum atomic E-state index is 0.149. The number of carbonyl (C=O) groups is 1. The summed E-state index contributed by atoms with van der Waals surface area (Å²) in [6, 6.07) is 4.77. The molecule has 0 saturated carbocycles. The highest BCUT2D eigenvalue weighted by Crippen LogP contribution is 2.14. The van der Waals surface area contributed by atoms with Gasteiger partial charge in [-0.05, 0) is 70.9 Å². The topological polar surface area (TPSA) is 35.6 Å². The van der Waals surface area contributed by atoms with Crippen molar-refractivity contribution in [1.29, 1.82) is 0 Å². The van der Waals surface area contributed by atoms with E-state index in [1.165, 1.54) is 45.3 Å². The summed E-state index contributed by atoms with van der Waals surface area (Å²) in [6.07, 6.45) is 6.62. The van der Waals surface area contributed by atoms with Crippen LogP contribution in [0.2, 0.25) is 0 Å². The van der Waals surface area contributed by atoms with Crippen molar-refractivity contribution in [3.05, 3.63) is 22.4 Å². The van der Waals surface area contributed by atoms with Crippen molar-refractivity contribution < 1.29 is 4.79 Å². The van der Waals surface area contributed by atoms with Gasteiger partial charge in [-0.1, -0.05) is 12.5 Å². The maximum absolute atomic E-state index is 11.8. The highest BCUT2D eigenvalue weighted by atomic mass is 32.1. The van der Waals surface area contributed by atoms with Crippen LogP contribution in [0.25, 0.3) is 0 Å². The lowest BCUT2D eigenvalue weighted by molar-refractivity contribution is -0.120. The van der Waals surface area contributed by atoms with Gasteiger partial charge in [-0.2, -0.15) is 0 Å². The number of nitrogens with zero attached hydrogens (tertiary/aromatic N) is 2. The van der Waals surface area contributed by atoms with E-state index in [9.17, 15) is 4.79 Å². The molecule has 130 valence electrons. The van der Waals surface area contributed by atoms with E-state index >= 15 is 0 Å². The molecule has 4 nitrogen and oxygen atoms in total. The molecule has 1 aromatic rings. The molecule has 2 heterocycles. The number of rotatable bonds is 9. The Balaban J connectivity index is 1.46. The minimum Gasteiger partial charge on any atom is -0.356 e. The quantitative estimate of drug-likeness (QED) is 0.704. The summed E-state index contributed by atoms with van der Waals surface area (Å²) in [4.78, 5) is 17.9. The SMILES string of the molecule is CN1CCC(N(C)CCCCCNC(=O)Cc2cccs2)CC1. The van der Waals surface area contributed by atoms with Gasteiger partial charge in [0, 0.05) is 17.5 Å². The number of amides is 1. The second-order valence-corrected chi connectivity index (χ2v) is 7.71. The standard InChI is InChI=1S/C18H31N3OS/c1-20-12-8-16(9-13-20)21(2)11-5-3-4-10-19-18(22)15-17-7-6-14-23-17/h6-7,14,16H,3-5,8-13,15H2,1-2H3,(H,19,22). The maximum Gasteiger partial charge on any atom is 0.225 e. The number of thiophene rings is 1. The molecule has 0 bridgehead atoms. The first-order chi connectivity index (χ1) is 11.1. The number of nitrogens with one attached hydrogen (secondary N) is 1. The summed E-state index contributed by atoms with van der Waals surface area (Å²) in [6.45, 7) is 4.44. The molecule has 1 N–H and O–H groups in total. The lowest BCUT2D eigenvalue weighted by Gasteiger charge is -2.35. The zero-order valence-electron chi connectivity index (χ0n) is 14.6. The van der Waals surface area contributed by atoms with Crippen LogP contribution in [0.3, 0.4) is 0 Å². The molecule has 0 spiro atoms. The predicted molar refractivity (Wildman–Crippen MR) is 98.0 cm³/mol. The van der Waals surface area contributed by atoms with Crippen molar-refractivity contribution in [2.24, 2.45) is 0 Å². The summed E-state index contributed by atoms with van der Waals surface area (Å²) in [5.74, 6) is 0.149. The van der Waals surface area contributed by atoms with E-state index in [-0.39, 0.29) is 5.91 Å². The average Bonchev–Trinajstić information content (AvgIpc) is 3.04. The van der Waals surface area contributed by atoms with Crippen molar-refractivity contribution in [2.75, 3.05) is 40.3 Å². The van der Waals surface area contributed by atoms with Gasteiger partial charge >= 0.3 is 0 Å². The third kappa shape index (κ3) is 7.02. The van der Waals surface area contributed by atoms with Crippen LogP contribution in [0.4, 0.5) is 0 Å². The lowest BCUT2D eigenvalue weighted by Crippen LogP contribution is -2.42. The van der Waals surface area contributed by atoms with E-state index in [0.29, 0.717) is 6.42 Å². The summed E-state index contributed by atoms with van der Waals surface area (Å²) >= 11 is 1.65. The second kappa shape index (κ2) is 10.1. The monoisotopic (exact) mass is 337 g/mol. The normalized spacial score (nSPS) is 16.8. The average molecular weight is 338 g/mol. The molecule has 2 rings (SSSR count). The van der Waals surface area contributed by atoms with E-state index in [2.05, 4.69) is 29.2 Å². The first-order valence-corrected chi connectivity index (χ1v) is 9.71. The third-order valence-corrected chi connectivity index (χ3v) is 5.61. The van der Waals surface area contributed by atoms with Crippen LogP contribution in [0, 0.1) is 0 Å². The van der Waals surface area contributed by atoms with Gasteiger partial charge in [0.2, 0.25) is 5.91 Å². The zero-order valence-corrected chi connectivity index (χ0v) is 15.4. The van der Waals surface area contributed by atoms with Crippen molar-refractivity contribution in [2.45, 2.75) is 44.6 Å². The number of unbranched alkanes of at least 4 members (excludes halogenated alkanes) is 2. The van der Waals surface area contributed by atoms with Gasteiger partial charge < -0.3 is 15.1 Å². The number of hydrogen-bond acceptors (Lipinski definition) is 4. The number of carbonyl (C=O) groups excluding carboxylic acids is 1. The van der Waals surface area contributed by atoms with Crippen LogP contribution in [-0.2, 0) is 11.2 Å². The fraction of sp³-hybridized carbons (Fsp3) is 0.722. The maximum atomic E-state index is 11.8. The molecule has 1 aromatic heterocycles. The molecule has 0 aromatic carbocycles. The highest BCUT2D eigenvalue weighted by molar-refractivity contribution is 7.10. The Morgan fingerprint density at radius 2 is 2.13 bits per heavy atom. The Hall–Kier alpha value is -0.910. The molecule has 1 saturated heterocycles. The van der Waals surface area contributed by atoms with Crippen LogP contribution >= 0.6 is 11.3 Å². The van der Waals surface area contributed by atoms with Crippen LogP contribution in [0.5, 0.6) is 0 Å². The van der Waals surface area contributed by atoms with Gasteiger partial charge in [-0.15, -0.1) is 11.3 Å². The van der Waals surface area contributed by atoms with Gasteiger partial charge in [-0.3, -0.25) is 4.79 Å². The Kier molecular flexibility index (Phi) is 8.06. The molecule has 0 radical (unpaired) electrons. The summed E-state index contributed by atoms with van der Waals surface area (Å²) in [5, 5.41) is 5.04. The van der Waals surface area contributed by atoms with Gasteiger partial charge in [0.05, 0.1) is 6.42 Å². The molecular formula is C18H31N3OS. The molecular weight excluding hydrogens is 306 g/mol. The second-order valence-electron chi connectivity index (χ2n) is 6.68. The largest absolute Gasteiger partial charge is 0.356 e. The fourth-order valence-electron chi connectivity index (χ4n) is 3.14. The zero-order chi connectivity index (χ0) is 16.5. The minimum absolute atomic E-state index is 0.149. The van der Waals surface area contributed by atoms with Crippen LogP contribution in [0.1, 0.15) is 37.0 Å². The fourth-order valence-corrected chi connectivity index (χ4v) is 3.85. The number of piperidine rings is 1. The number of likely N-dealkylation sites (tertiary alicyclic amines) is 1. The van der Waals surface area contributed by atoms with Crippen molar-refractivity contribution in [3.63, 3.8) is 0 Å². The molecule has 23 heavy (non-hydrogen) atoms. The highest BCUT2D eigenvalue weighted by Gasteiger charge is 2.19. The van der Waals surface area contributed by atoms with Crippen molar-refractivity contribution >= 4 is 17.2 Å². The molecule has 1 fully saturated rings. The van der Waals surface area contributed by atoms with Crippen LogP contribution in [-0.4, -0.2) is 62.0 Å². The van der Waals surface area contributed by atoms with Gasteiger partial charge in [0.25, 0.3) is 0 Å². The van der Waals surface area contributed by atoms with Crippen LogP contribution < -0.4 is 5.32 Å². The van der Waals surface area contributed by atoms with Crippen LogP contribution in [0.15, 0.2) is 17.5 Å². The van der Waals surface area contributed by atoms with E-state index in [1.807, 2.05) is 17.5 Å². The Bertz CT molecular complexity index is 441. The Labute approximate surface area is 144 Å². The lowest BCUT2D eigenvalue weighted by atomic mass is 10.0. The van der Waals surface area contributed by atoms with E-state index < -0.39 is 0 Å². The smallest absolute Gasteiger partial charge is 0.225 e. The summed E-state index contributed by atoms with van der Waals surface area (Å²) in [5.41, 5.74) is 0. The molecule has 0 aliphatic carbocycles. The number of hydrogen-bond donors (Lipinski definition) is 1. The van der Waals surface area contributed by atoms with Crippen molar-refractivity contribution in [3.8, 4) is 0 Å². The molecule has 0 atom stereocenters. The van der Waals surface area contributed by atoms with Gasteiger partial charge in [0.15, 0.2) is 0 Å². The molecule has 1 aliphatic heterocycles. The predicted octanol–water partition coefficient (Wildman–Crippen LogP) is 2.60. The van der Waals surface area contributed by atoms with E-state index in [1.54, 1.807) is 11.3 Å². The Morgan fingerprint density at radius 1 is 1.35 bits per heavy atom. The molecule has 1 amide bonds. The van der Waals surface area contributed by atoms with E-state index in [4.69, 9.17) is 0 Å². The van der Waals surface area contributed by atoms with Gasteiger partial charge in [0.1, 0.15) is 0 Å². The summed E-state index contributed by atoms with van der Waals surface area (Å²) in [7, 11) is 4.47. The first kappa shape index (κ1) is 18.4.